The molecular formula is C18H30N2O2. The molecule has 4 heteroatoms. The first kappa shape index (κ1) is 18.7. The summed E-state index contributed by atoms with van der Waals surface area (Å²) in [5.41, 5.74) is 6.98. The summed E-state index contributed by atoms with van der Waals surface area (Å²) in [7, 11) is 2.03. The molecule has 0 unspecified atom stereocenters. The van der Waals surface area contributed by atoms with Crippen molar-refractivity contribution in [3.05, 3.63) is 35.9 Å². The molecule has 0 fully saturated rings. The van der Waals surface area contributed by atoms with Gasteiger partial charge in [0.25, 0.3) is 0 Å². The largest absolute Gasteiger partial charge is 0.464 e. The monoisotopic (exact) mass is 306 g/mol. The summed E-state index contributed by atoms with van der Waals surface area (Å²) >= 11 is 0. The highest BCUT2D eigenvalue weighted by molar-refractivity contribution is 5.69. The van der Waals surface area contributed by atoms with Gasteiger partial charge in [-0.3, -0.25) is 9.69 Å². The molecule has 0 saturated carbocycles. The number of esters is 1. The minimum Gasteiger partial charge on any atom is -0.464 e. The van der Waals surface area contributed by atoms with E-state index < -0.39 is 0 Å². The van der Waals surface area contributed by atoms with E-state index >= 15 is 0 Å². The minimum atomic E-state index is -0.135. The molecule has 1 rings (SSSR count). The molecule has 1 atom stereocenters. The smallest absolute Gasteiger partial charge is 0.306 e. The van der Waals surface area contributed by atoms with Gasteiger partial charge in [0.1, 0.15) is 6.61 Å². The van der Waals surface area contributed by atoms with Crippen molar-refractivity contribution in [2.45, 2.75) is 33.2 Å². The highest BCUT2D eigenvalue weighted by atomic mass is 16.5. The third-order valence-corrected chi connectivity index (χ3v) is 3.62. The molecule has 124 valence electrons. The second-order valence-corrected chi connectivity index (χ2v) is 6.38. The Balaban J connectivity index is 2.21. The molecule has 0 heterocycles. The van der Waals surface area contributed by atoms with Gasteiger partial charge in [0, 0.05) is 19.5 Å². The standard InChI is InChI=1S/C18H30N2O2/c1-15(2)11-17(13-19)12-18(21)22-10-9-20(3)14-16-7-5-4-6-8-16/h4-8,15,17H,9-14,19H2,1-3H3/t17-/m0/s1. The Morgan fingerprint density at radius 1 is 1.27 bits per heavy atom. The number of carbonyl (C=O) groups excluding carboxylic acids is 1. The summed E-state index contributed by atoms with van der Waals surface area (Å²) in [5, 5.41) is 0. The number of nitrogens with two attached hydrogens (primary N) is 1. The first-order chi connectivity index (χ1) is 10.5. The first-order valence-corrected chi connectivity index (χ1v) is 8.09. The lowest BCUT2D eigenvalue weighted by Gasteiger charge is -2.18. The van der Waals surface area contributed by atoms with Crippen molar-refractivity contribution >= 4 is 5.97 Å². The van der Waals surface area contributed by atoms with E-state index in [1.165, 1.54) is 5.56 Å². The summed E-state index contributed by atoms with van der Waals surface area (Å²) in [6.45, 7) is 6.86. The third kappa shape index (κ3) is 8.15. The topological polar surface area (TPSA) is 55.6 Å². The van der Waals surface area contributed by atoms with E-state index in [1.807, 2.05) is 25.2 Å². The average molecular weight is 306 g/mol. The molecular weight excluding hydrogens is 276 g/mol. The van der Waals surface area contributed by atoms with Crippen LogP contribution < -0.4 is 5.73 Å². The van der Waals surface area contributed by atoms with Crippen LogP contribution in [0, 0.1) is 11.8 Å². The van der Waals surface area contributed by atoms with Crippen LogP contribution in [0.15, 0.2) is 30.3 Å². The molecule has 0 aliphatic heterocycles. The number of hydrogen-bond acceptors (Lipinski definition) is 4. The molecule has 0 spiro atoms. The molecule has 1 aromatic carbocycles. The zero-order valence-corrected chi connectivity index (χ0v) is 14.1. The Labute approximate surface area is 134 Å². The lowest BCUT2D eigenvalue weighted by Crippen LogP contribution is -2.26. The molecule has 22 heavy (non-hydrogen) atoms. The Bertz CT molecular complexity index is 420. The van der Waals surface area contributed by atoms with Crippen LogP contribution in [0.1, 0.15) is 32.3 Å². The minimum absolute atomic E-state index is 0.135. The van der Waals surface area contributed by atoms with E-state index in [-0.39, 0.29) is 11.9 Å². The number of likely N-dealkylation sites (N-methyl/N-ethyl adjacent to an activating group) is 1. The molecule has 0 aromatic heterocycles. The summed E-state index contributed by atoms with van der Waals surface area (Å²) in [5.74, 6) is 0.650. The van der Waals surface area contributed by atoms with Crippen LogP contribution in [-0.2, 0) is 16.1 Å². The van der Waals surface area contributed by atoms with Gasteiger partial charge in [0.2, 0.25) is 0 Å². The Morgan fingerprint density at radius 2 is 1.95 bits per heavy atom. The fraction of sp³-hybridized carbons (Fsp3) is 0.611. The Kier molecular flexibility index (Phi) is 8.78. The number of nitrogens with zero attached hydrogens (tertiary/aromatic N) is 1. The van der Waals surface area contributed by atoms with Crippen molar-refractivity contribution in [3.8, 4) is 0 Å². The highest BCUT2D eigenvalue weighted by Gasteiger charge is 2.15. The van der Waals surface area contributed by atoms with Crippen LogP contribution >= 0.6 is 0 Å². The Hall–Kier alpha value is -1.39. The summed E-state index contributed by atoms with van der Waals surface area (Å²) in [6.07, 6.45) is 1.40. The van der Waals surface area contributed by atoms with Crippen molar-refractivity contribution < 1.29 is 9.53 Å². The molecule has 4 nitrogen and oxygen atoms in total. The zero-order chi connectivity index (χ0) is 16.4. The van der Waals surface area contributed by atoms with E-state index in [2.05, 4.69) is 30.9 Å². The molecule has 0 aliphatic rings. The van der Waals surface area contributed by atoms with E-state index in [9.17, 15) is 4.79 Å². The van der Waals surface area contributed by atoms with Crippen LogP contribution in [0.5, 0.6) is 0 Å². The lowest BCUT2D eigenvalue weighted by molar-refractivity contribution is -0.145. The second-order valence-electron chi connectivity index (χ2n) is 6.38. The first-order valence-electron chi connectivity index (χ1n) is 8.09. The van der Waals surface area contributed by atoms with Crippen molar-refractivity contribution in [3.63, 3.8) is 0 Å². The van der Waals surface area contributed by atoms with Crippen LogP contribution in [0.4, 0.5) is 0 Å². The summed E-state index contributed by atoms with van der Waals surface area (Å²) < 4.78 is 5.33. The lowest BCUT2D eigenvalue weighted by atomic mass is 9.94. The number of hydrogen-bond donors (Lipinski definition) is 1. The van der Waals surface area contributed by atoms with Gasteiger partial charge in [-0.05, 0) is 37.4 Å². The van der Waals surface area contributed by atoms with Crippen molar-refractivity contribution in [2.24, 2.45) is 17.6 Å². The van der Waals surface area contributed by atoms with Crippen molar-refractivity contribution in [1.82, 2.24) is 4.90 Å². The Morgan fingerprint density at radius 3 is 2.55 bits per heavy atom. The van der Waals surface area contributed by atoms with Crippen LogP contribution in [0.3, 0.4) is 0 Å². The van der Waals surface area contributed by atoms with Gasteiger partial charge in [-0.25, -0.2) is 0 Å². The predicted molar refractivity (Wildman–Crippen MR) is 90.4 cm³/mol. The predicted octanol–water partition coefficient (Wildman–Crippen LogP) is 2.67. The molecule has 0 aliphatic carbocycles. The maximum atomic E-state index is 11.8. The molecule has 2 N–H and O–H groups in total. The van der Waals surface area contributed by atoms with E-state index in [1.54, 1.807) is 0 Å². The molecule has 0 bridgehead atoms. The fourth-order valence-electron chi connectivity index (χ4n) is 2.51. The maximum Gasteiger partial charge on any atom is 0.306 e. The zero-order valence-electron chi connectivity index (χ0n) is 14.1. The summed E-state index contributed by atoms with van der Waals surface area (Å²) in [6, 6.07) is 10.3. The third-order valence-electron chi connectivity index (χ3n) is 3.62. The number of benzene rings is 1. The van der Waals surface area contributed by atoms with Gasteiger partial charge in [0.15, 0.2) is 0 Å². The number of ether oxygens (including phenoxy) is 1. The van der Waals surface area contributed by atoms with Crippen LogP contribution in [0.25, 0.3) is 0 Å². The fourth-order valence-corrected chi connectivity index (χ4v) is 2.51. The highest BCUT2D eigenvalue weighted by Crippen LogP contribution is 2.14. The molecule has 0 amide bonds. The molecule has 1 aromatic rings. The quantitative estimate of drug-likeness (QED) is 0.675. The van der Waals surface area contributed by atoms with Gasteiger partial charge in [0.05, 0.1) is 0 Å². The van der Waals surface area contributed by atoms with E-state index in [4.69, 9.17) is 10.5 Å². The molecule has 0 saturated heterocycles. The second kappa shape index (κ2) is 10.4. The normalized spacial score (nSPS) is 12.6. The van der Waals surface area contributed by atoms with Gasteiger partial charge in [-0.15, -0.1) is 0 Å². The van der Waals surface area contributed by atoms with Crippen molar-refractivity contribution in [2.75, 3.05) is 26.7 Å². The van der Waals surface area contributed by atoms with Crippen LogP contribution in [0.2, 0.25) is 0 Å². The van der Waals surface area contributed by atoms with E-state index in [0.29, 0.717) is 25.5 Å². The van der Waals surface area contributed by atoms with Crippen molar-refractivity contribution in [1.29, 1.82) is 0 Å². The summed E-state index contributed by atoms with van der Waals surface area (Å²) in [4.78, 5) is 14.0. The molecule has 0 radical (unpaired) electrons. The average Bonchev–Trinajstić information content (AvgIpc) is 2.47. The SMILES string of the molecule is CC(C)C[C@H](CN)CC(=O)OCCN(C)Cc1ccccc1. The van der Waals surface area contributed by atoms with Gasteiger partial charge >= 0.3 is 5.97 Å². The van der Waals surface area contributed by atoms with Gasteiger partial charge < -0.3 is 10.5 Å². The van der Waals surface area contributed by atoms with Gasteiger partial charge in [-0.1, -0.05) is 44.2 Å². The number of rotatable bonds is 10. The van der Waals surface area contributed by atoms with E-state index in [0.717, 1.165) is 19.5 Å². The number of carbonyl (C=O) groups is 1. The van der Waals surface area contributed by atoms with Crippen LogP contribution in [-0.4, -0.2) is 37.6 Å². The van der Waals surface area contributed by atoms with Gasteiger partial charge in [-0.2, -0.15) is 0 Å². The maximum absolute atomic E-state index is 11.8.